The third-order valence-electron chi connectivity index (χ3n) is 6.91. The molecule has 0 unspecified atom stereocenters. The Balaban J connectivity index is 1.24. The first kappa shape index (κ1) is 21.4. The molecule has 4 aromatic rings. The van der Waals surface area contributed by atoms with Gasteiger partial charge in [-0.25, -0.2) is 0 Å². The molecule has 6 heteroatoms. The molecule has 0 atom stereocenters. The maximum absolute atomic E-state index is 6.14. The number of halogens is 1. The number of fused-ring (bicyclic) bond motifs is 2. The van der Waals surface area contributed by atoms with E-state index in [4.69, 9.17) is 21.1 Å². The first-order valence-electron chi connectivity index (χ1n) is 11.8. The highest BCUT2D eigenvalue weighted by Crippen LogP contribution is 2.38. The number of rotatable bonds is 4. The minimum Gasteiger partial charge on any atom is -0.454 e. The second kappa shape index (κ2) is 8.57. The Bertz CT molecular complexity index is 1350. The zero-order valence-electron chi connectivity index (χ0n) is 19.5. The Hall–Kier alpha value is -3.15. The maximum atomic E-state index is 6.14. The number of aromatic amines is 1. The molecule has 0 bridgehead atoms. The Labute approximate surface area is 204 Å². The number of ether oxygens (including phenoxy) is 2. The number of anilines is 1. The van der Waals surface area contributed by atoms with Crippen LogP contribution in [0.25, 0.3) is 22.0 Å². The van der Waals surface area contributed by atoms with E-state index in [1.807, 2.05) is 18.2 Å². The van der Waals surface area contributed by atoms with Crippen LogP contribution < -0.4 is 14.4 Å². The quantitative estimate of drug-likeness (QED) is 0.385. The molecule has 2 aliphatic rings. The molecule has 174 valence electrons. The smallest absolute Gasteiger partial charge is 0.231 e. The number of benzene rings is 3. The molecule has 34 heavy (non-hydrogen) atoms. The van der Waals surface area contributed by atoms with Crippen molar-refractivity contribution in [3.63, 3.8) is 0 Å². The summed E-state index contributed by atoms with van der Waals surface area (Å²) in [5.41, 5.74) is 8.70. The van der Waals surface area contributed by atoms with E-state index in [0.29, 0.717) is 6.79 Å². The summed E-state index contributed by atoms with van der Waals surface area (Å²) >= 11 is 6.14. The molecule has 1 N–H and O–H groups in total. The molecule has 0 radical (unpaired) electrons. The third kappa shape index (κ3) is 3.89. The van der Waals surface area contributed by atoms with E-state index in [0.717, 1.165) is 49.2 Å². The van der Waals surface area contributed by atoms with Gasteiger partial charge in [0.2, 0.25) is 6.79 Å². The fourth-order valence-corrected chi connectivity index (χ4v) is 5.36. The molecule has 2 aliphatic heterocycles. The van der Waals surface area contributed by atoms with Crippen LogP contribution >= 0.6 is 11.6 Å². The predicted molar refractivity (Wildman–Crippen MR) is 138 cm³/mol. The normalized spacial score (nSPS) is 15.9. The van der Waals surface area contributed by atoms with Crippen LogP contribution in [0.1, 0.15) is 16.8 Å². The highest BCUT2D eigenvalue weighted by Gasteiger charge is 2.22. The number of hydrogen-bond donors (Lipinski definition) is 1. The average Bonchev–Trinajstić information content (AvgIpc) is 3.43. The number of H-pyrrole nitrogens is 1. The summed E-state index contributed by atoms with van der Waals surface area (Å²) in [4.78, 5) is 8.73. The minimum atomic E-state index is 0.320. The van der Waals surface area contributed by atoms with E-state index in [1.54, 1.807) is 0 Å². The summed E-state index contributed by atoms with van der Waals surface area (Å²) in [5, 5.41) is 2.04. The average molecular weight is 474 g/mol. The standard InChI is InChI=1S/C28H28ClN3O2/c1-18-13-23-27(21-4-6-22(29)7-5-21)19(2)30-28(23)24(14-18)32-11-9-31(10-12-32)16-20-3-8-25-26(15-20)34-17-33-25/h3-8,13-15,30H,9-12,16-17H2,1-2H3. The molecule has 5 nitrogen and oxygen atoms in total. The van der Waals surface area contributed by atoms with Crippen LogP contribution in [0, 0.1) is 13.8 Å². The van der Waals surface area contributed by atoms with E-state index < -0.39 is 0 Å². The van der Waals surface area contributed by atoms with Gasteiger partial charge in [0.15, 0.2) is 11.5 Å². The van der Waals surface area contributed by atoms with E-state index in [-0.39, 0.29) is 0 Å². The number of aromatic nitrogens is 1. The van der Waals surface area contributed by atoms with Gasteiger partial charge < -0.3 is 19.4 Å². The zero-order valence-corrected chi connectivity index (χ0v) is 20.3. The third-order valence-corrected chi connectivity index (χ3v) is 7.16. The van der Waals surface area contributed by atoms with Gasteiger partial charge in [-0.3, -0.25) is 4.90 Å². The molecule has 0 aliphatic carbocycles. The molecule has 1 saturated heterocycles. The van der Waals surface area contributed by atoms with E-state index in [1.165, 1.54) is 44.5 Å². The first-order chi connectivity index (χ1) is 16.5. The summed E-state index contributed by atoms with van der Waals surface area (Å²) in [6.07, 6.45) is 0. The largest absolute Gasteiger partial charge is 0.454 e. The van der Waals surface area contributed by atoms with Crippen LogP contribution in [0.5, 0.6) is 11.5 Å². The first-order valence-corrected chi connectivity index (χ1v) is 12.2. The van der Waals surface area contributed by atoms with E-state index >= 15 is 0 Å². The maximum Gasteiger partial charge on any atom is 0.231 e. The molecular formula is C28H28ClN3O2. The van der Waals surface area contributed by atoms with E-state index in [2.05, 4.69) is 65.0 Å². The van der Waals surface area contributed by atoms with Crippen LogP contribution in [-0.4, -0.2) is 42.9 Å². The Morgan fingerprint density at radius 3 is 2.44 bits per heavy atom. The molecule has 0 spiro atoms. The van der Waals surface area contributed by atoms with E-state index in [9.17, 15) is 0 Å². The second-order valence-electron chi connectivity index (χ2n) is 9.29. The Kier molecular flexibility index (Phi) is 5.39. The van der Waals surface area contributed by atoms with Gasteiger partial charge in [-0.15, -0.1) is 0 Å². The van der Waals surface area contributed by atoms with Crippen LogP contribution in [0.4, 0.5) is 5.69 Å². The summed E-state index contributed by atoms with van der Waals surface area (Å²) in [6.45, 7) is 9.63. The highest BCUT2D eigenvalue weighted by atomic mass is 35.5. The lowest BCUT2D eigenvalue weighted by atomic mass is 10.00. The zero-order chi connectivity index (χ0) is 23.2. The van der Waals surface area contributed by atoms with Crippen LogP contribution in [0.3, 0.4) is 0 Å². The molecule has 3 heterocycles. The van der Waals surface area contributed by atoms with Gasteiger partial charge >= 0.3 is 0 Å². The summed E-state index contributed by atoms with van der Waals surface area (Å²) in [7, 11) is 0. The number of piperazine rings is 1. The minimum absolute atomic E-state index is 0.320. The fraction of sp³-hybridized carbons (Fsp3) is 0.286. The van der Waals surface area contributed by atoms with Crippen molar-refractivity contribution in [3.8, 4) is 22.6 Å². The predicted octanol–water partition coefficient (Wildman–Crippen LogP) is 6.16. The van der Waals surface area contributed by atoms with Gasteiger partial charge in [0, 0.05) is 54.4 Å². The monoisotopic (exact) mass is 473 g/mol. The van der Waals surface area contributed by atoms with Crippen molar-refractivity contribution in [1.82, 2.24) is 9.88 Å². The molecular weight excluding hydrogens is 446 g/mol. The van der Waals surface area contributed by atoms with Gasteiger partial charge in [-0.2, -0.15) is 0 Å². The molecule has 3 aromatic carbocycles. The van der Waals surface area contributed by atoms with Gasteiger partial charge in [0.1, 0.15) is 0 Å². The van der Waals surface area contributed by atoms with Crippen molar-refractivity contribution in [3.05, 3.63) is 76.4 Å². The SMILES string of the molecule is Cc1cc(N2CCN(Cc3ccc4c(c3)OCO4)CC2)c2[nH]c(C)c(-c3ccc(Cl)cc3)c2c1. The summed E-state index contributed by atoms with van der Waals surface area (Å²) in [6, 6.07) is 19.0. The summed E-state index contributed by atoms with van der Waals surface area (Å²) < 4.78 is 11.0. The molecule has 1 aromatic heterocycles. The fourth-order valence-electron chi connectivity index (χ4n) is 5.23. The van der Waals surface area contributed by atoms with Crippen LogP contribution in [0.15, 0.2) is 54.6 Å². The molecule has 0 amide bonds. The lowest BCUT2D eigenvalue weighted by Crippen LogP contribution is -2.46. The Morgan fingerprint density at radius 1 is 0.882 bits per heavy atom. The lowest BCUT2D eigenvalue weighted by molar-refractivity contribution is 0.174. The van der Waals surface area contributed by atoms with Crippen LogP contribution in [-0.2, 0) is 6.54 Å². The lowest BCUT2D eigenvalue weighted by Gasteiger charge is -2.36. The number of nitrogens with one attached hydrogen (secondary N) is 1. The molecule has 1 fully saturated rings. The van der Waals surface area contributed by atoms with Gasteiger partial charge in [-0.05, 0) is 66.9 Å². The number of nitrogens with zero attached hydrogens (tertiary/aromatic N) is 2. The van der Waals surface area contributed by atoms with Crippen LogP contribution in [0.2, 0.25) is 5.02 Å². The second-order valence-corrected chi connectivity index (χ2v) is 9.73. The number of hydrogen-bond acceptors (Lipinski definition) is 4. The van der Waals surface area contributed by atoms with Crippen molar-refractivity contribution >= 4 is 28.2 Å². The topological polar surface area (TPSA) is 40.7 Å². The molecule has 6 rings (SSSR count). The summed E-state index contributed by atoms with van der Waals surface area (Å²) in [5.74, 6) is 1.70. The van der Waals surface area contributed by atoms with Crippen molar-refractivity contribution in [1.29, 1.82) is 0 Å². The van der Waals surface area contributed by atoms with Gasteiger partial charge in [0.05, 0.1) is 11.2 Å². The van der Waals surface area contributed by atoms with Gasteiger partial charge in [0.25, 0.3) is 0 Å². The van der Waals surface area contributed by atoms with Gasteiger partial charge in [-0.1, -0.05) is 29.8 Å². The van der Waals surface area contributed by atoms with Crippen molar-refractivity contribution in [2.24, 2.45) is 0 Å². The van der Waals surface area contributed by atoms with Crippen molar-refractivity contribution < 1.29 is 9.47 Å². The Morgan fingerprint density at radius 2 is 1.65 bits per heavy atom. The molecule has 0 saturated carbocycles. The van der Waals surface area contributed by atoms with Crippen molar-refractivity contribution in [2.75, 3.05) is 37.9 Å². The van der Waals surface area contributed by atoms with Crippen molar-refractivity contribution in [2.45, 2.75) is 20.4 Å². The number of aryl methyl sites for hydroxylation is 2. The highest BCUT2D eigenvalue weighted by molar-refractivity contribution is 6.30.